The second-order valence-electron chi connectivity index (χ2n) is 9.47. The quantitative estimate of drug-likeness (QED) is 0.187. The van der Waals surface area contributed by atoms with E-state index >= 15 is 0 Å². The Hall–Kier alpha value is -3.27. The zero-order valence-electron chi connectivity index (χ0n) is 22.9. The van der Waals surface area contributed by atoms with Crippen LogP contribution >= 0.6 is 46.4 Å². The van der Waals surface area contributed by atoms with Crippen molar-refractivity contribution in [2.45, 2.75) is 23.9 Å². The van der Waals surface area contributed by atoms with Crippen molar-refractivity contribution in [3.63, 3.8) is 0 Å². The predicted octanol–water partition coefficient (Wildman–Crippen LogP) is 6.88. The number of amides is 2. The molecule has 0 aliphatic heterocycles. The minimum Gasteiger partial charge on any atom is -0.357 e. The second-order valence-corrected chi connectivity index (χ2v) is 13.0. The zero-order valence-corrected chi connectivity index (χ0v) is 26.7. The first-order chi connectivity index (χ1) is 20.5. The Morgan fingerprint density at radius 2 is 1.47 bits per heavy atom. The van der Waals surface area contributed by atoms with Crippen molar-refractivity contribution in [3.8, 4) is 0 Å². The second kappa shape index (κ2) is 14.5. The third-order valence-electron chi connectivity index (χ3n) is 6.68. The van der Waals surface area contributed by atoms with Crippen molar-refractivity contribution in [1.82, 2.24) is 10.2 Å². The number of hydrogen-bond donors (Lipinski definition) is 1. The van der Waals surface area contributed by atoms with E-state index in [1.807, 2.05) is 30.3 Å². The molecule has 0 saturated heterocycles. The van der Waals surface area contributed by atoms with Crippen LogP contribution in [0, 0.1) is 0 Å². The van der Waals surface area contributed by atoms with E-state index in [9.17, 15) is 18.0 Å². The van der Waals surface area contributed by atoms with Gasteiger partial charge in [0.1, 0.15) is 12.6 Å². The van der Waals surface area contributed by atoms with Crippen molar-refractivity contribution >= 4 is 73.9 Å². The fourth-order valence-electron chi connectivity index (χ4n) is 4.47. The van der Waals surface area contributed by atoms with Gasteiger partial charge in [0.05, 0.1) is 20.6 Å². The number of likely N-dealkylation sites (N-methyl/N-ethyl adjacent to an activating group) is 1. The molecule has 12 heteroatoms. The lowest BCUT2D eigenvalue weighted by molar-refractivity contribution is -0.139. The van der Waals surface area contributed by atoms with Gasteiger partial charge in [-0.15, -0.1) is 0 Å². The van der Waals surface area contributed by atoms with E-state index in [0.29, 0.717) is 10.6 Å². The van der Waals surface area contributed by atoms with Gasteiger partial charge < -0.3 is 10.2 Å². The molecule has 0 saturated carbocycles. The number of nitrogens with one attached hydrogen (secondary N) is 1. The Morgan fingerprint density at radius 1 is 0.814 bits per heavy atom. The number of sulfonamides is 1. The summed E-state index contributed by atoms with van der Waals surface area (Å²) in [6.45, 7) is -0.799. The average molecular weight is 679 g/mol. The molecule has 0 aliphatic carbocycles. The molecule has 4 aromatic carbocycles. The molecule has 0 aromatic heterocycles. The van der Waals surface area contributed by atoms with Gasteiger partial charge >= 0.3 is 0 Å². The van der Waals surface area contributed by atoms with Gasteiger partial charge in [-0.25, -0.2) is 8.42 Å². The summed E-state index contributed by atoms with van der Waals surface area (Å²) in [5, 5.41) is 3.38. The minimum atomic E-state index is -4.32. The fraction of sp³-hybridized carbons (Fsp3) is 0.161. The first-order valence-electron chi connectivity index (χ1n) is 13.0. The van der Waals surface area contributed by atoms with Gasteiger partial charge in [-0.1, -0.05) is 107 Å². The highest BCUT2D eigenvalue weighted by Crippen LogP contribution is 2.36. The lowest BCUT2D eigenvalue weighted by Gasteiger charge is -2.34. The van der Waals surface area contributed by atoms with E-state index in [0.717, 1.165) is 9.87 Å². The molecule has 0 bridgehead atoms. The van der Waals surface area contributed by atoms with Crippen LogP contribution in [0.25, 0.3) is 0 Å². The zero-order chi connectivity index (χ0) is 31.1. The molecule has 224 valence electrons. The number of benzene rings is 4. The van der Waals surface area contributed by atoms with Crippen molar-refractivity contribution < 1.29 is 18.0 Å². The number of halogens is 4. The number of hydrogen-bond acceptors (Lipinski definition) is 4. The number of anilines is 1. The van der Waals surface area contributed by atoms with E-state index in [1.165, 1.54) is 48.3 Å². The van der Waals surface area contributed by atoms with E-state index in [2.05, 4.69) is 5.32 Å². The van der Waals surface area contributed by atoms with Crippen LogP contribution in [0.3, 0.4) is 0 Å². The molecule has 4 aromatic rings. The van der Waals surface area contributed by atoms with Gasteiger partial charge in [-0.2, -0.15) is 0 Å². The number of carbonyl (C=O) groups excluding carboxylic acids is 2. The minimum absolute atomic E-state index is 0.00963. The standard InChI is InChI=1S/C31H27Cl4N3O4S/c1-36-31(40)28(17-21-9-4-2-5-10-21)37(19-22-15-16-23(32)18-26(22)34)29(39)20-38(27-14-8-13-25(33)30(27)35)43(41,42)24-11-6-3-7-12-24/h2-16,18,28H,17,19-20H2,1H3,(H,36,40)/t28-/m1/s1. The number of rotatable bonds is 11. The highest BCUT2D eigenvalue weighted by Gasteiger charge is 2.35. The topological polar surface area (TPSA) is 86.8 Å². The van der Waals surface area contributed by atoms with Crippen LogP contribution in [0.4, 0.5) is 5.69 Å². The van der Waals surface area contributed by atoms with Crippen molar-refractivity contribution in [2.24, 2.45) is 0 Å². The summed E-state index contributed by atoms with van der Waals surface area (Å²) in [6, 6.07) is 25.1. The molecule has 4 rings (SSSR count). The van der Waals surface area contributed by atoms with E-state index in [1.54, 1.807) is 30.3 Å². The average Bonchev–Trinajstić information content (AvgIpc) is 3.00. The Labute approximate surface area is 271 Å². The molecule has 0 unspecified atom stereocenters. The Kier molecular flexibility index (Phi) is 11.0. The molecule has 43 heavy (non-hydrogen) atoms. The van der Waals surface area contributed by atoms with Crippen molar-refractivity contribution in [2.75, 3.05) is 17.9 Å². The lowest BCUT2D eigenvalue weighted by Crippen LogP contribution is -2.53. The molecule has 0 fully saturated rings. The summed E-state index contributed by atoms with van der Waals surface area (Å²) in [5.74, 6) is -1.12. The predicted molar refractivity (Wildman–Crippen MR) is 172 cm³/mol. The maximum Gasteiger partial charge on any atom is 0.264 e. The summed E-state index contributed by atoms with van der Waals surface area (Å²) in [4.78, 5) is 28.9. The molecule has 7 nitrogen and oxygen atoms in total. The van der Waals surface area contributed by atoms with Crippen LogP contribution in [0.2, 0.25) is 20.1 Å². The van der Waals surface area contributed by atoms with Crippen LogP contribution in [0.5, 0.6) is 0 Å². The first kappa shape index (κ1) is 32.6. The normalized spacial score (nSPS) is 11.9. The maximum atomic E-state index is 14.3. The van der Waals surface area contributed by atoms with E-state index < -0.39 is 34.4 Å². The van der Waals surface area contributed by atoms with Crippen molar-refractivity contribution in [1.29, 1.82) is 0 Å². The monoisotopic (exact) mass is 677 g/mol. The molecule has 0 spiro atoms. The Balaban J connectivity index is 1.83. The molecule has 2 amide bonds. The van der Waals surface area contributed by atoms with E-state index in [4.69, 9.17) is 46.4 Å². The molecule has 0 aliphatic rings. The highest BCUT2D eigenvalue weighted by atomic mass is 35.5. The molecule has 1 atom stereocenters. The van der Waals surface area contributed by atoms with Crippen LogP contribution in [-0.2, 0) is 32.6 Å². The molecule has 0 heterocycles. The summed E-state index contributed by atoms with van der Waals surface area (Å²) < 4.78 is 28.9. The SMILES string of the molecule is CNC(=O)[C@@H](Cc1ccccc1)N(Cc1ccc(Cl)cc1Cl)C(=O)CN(c1cccc(Cl)c1Cl)S(=O)(=O)c1ccccc1. The van der Waals surface area contributed by atoms with Crippen LogP contribution in [0.15, 0.2) is 102 Å². The third kappa shape index (κ3) is 7.82. The molecule has 1 N–H and O–H groups in total. The van der Waals surface area contributed by atoms with Gasteiger partial charge in [-0.3, -0.25) is 13.9 Å². The van der Waals surface area contributed by atoms with E-state index in [-0.39, 0.29) is 38.6 Å². The summed E-state index contributed by atoms with van der Waals surface area (Å²) >= 11 is 25.4. The van der Waals surface area contributed by atoms with Gasteiger partial charge in [-0.05, 0) is 47.5 Å². The number of carbonyl (C=O) groups is 2. The first-order valence-corrected chi connectivity index (χ1v) is 16.0. The Morgan fingerprint density at radius 3 is 2.09 bits per heavy atom. The van der Waals surface area contributed by atoms with Gasteiger partial charge in [0.2, 0.25) is 11.8 Å². The summed E-state index contributed by atoms with van der Waals surface area (Å²) in [7, 11) is -2.85. The Bertz CT molecular complexity index is 1710. The summed E-state index contributed by atoms with van der Waals surface area (Å²) in [6.07, 6.45) is 0.154. The highest BCUT2D eigenvalue weighted by molar-refractivity contribution is 7.92. The molecule has 0 radical (unpaired) electrons. The molecular weight excluding hydrogens is 652 g/mol. The third-order valence-corrected chi connectivity index (χ3v) is 9.85. The smallest absolute Gasteiger partial charge is 0.264 e. The molecular formula is C31H27Cl4N3O4S. The fourth-order valence-corrected chi connectivity index (χ4v) is 6.84. The van der Waals surface area contributed by atoms with Crippen LogP contribution in [-0.4, -0.2) is 44.8 Å². The summed E-state index contributed by atoms with van der Waals surface area (Å²) in [5.41, 5.74) is 1.32. The van der Waals surface area contributed by atoms with Crippen LogP contribution in [0.1, 0.15) is 11.1 Å². The largest absolute Gasteiger partial charge is 0.357 e. The maximum absolute atomic E-state index is 14.3. The van der Waals surface area contributed by atoms with Gasteiger partial charge in [0.25, 0.3) is 10.0 Å². The van der Waals surface area contributed by atoms with Crippen LogP contribution < -0.4 is 9.62 Å². The lowest BCUT2D eigenvalue weighted by atomic mass is 10.0. The number of nitrogens with zero attached hydrogens (tertiary/aromatic N) is 2. The van der Waals surface area contributed by atoms with Gasteiger partial charge in [0.15, 0.2) is 0 Å². The van der Waals surface area contributed by atoms with Gasteiger partial charge in [0, 0.05) is 30.1 Å². The van der Waals surface area contributed by atoms with Crippen molar-refractivity contribution in [3.05, 3.63) is 128 Å².